The first-order valence-electron chi connectivity index (χ1n) is 6.64. The maximum absolute atomic E-state index is 5.22. The second kappa shape index (κ2) is 6.48. The quantitative estimate of drug-likeness (QED) is 0.815. The second-order valence-corrected chi connectivity index (χ2v) is 6.32. The lowest BCUT2D eigenvalue weighted by molar-refractivity contribution is 0.413. The molecule has 100 valence electrons. The molecule has 0 bridgehead atoms. The fourth-order valence-electron chi connectivity index (χ4n) is 2.17. The Bertz CT molecular complexity index is 361. The molecular formula is C15H23NOS. The largest absolute Gasteiger partial charge is 0.497 e. The Morgan fingerprint density at radius 1 is 1.33 bits per heavy atom. The zero-order chi connectivity index (χ0) is 13.0. The molecule has 18 heavy (non-hydrogen) atoms. The van der Waals surface area contributed by atoms with E-state index >= 15 is 0 Å². The molecule has 2 nitrogen and oxygen atoms in total. The normalized spacial score (nSPS) is 18.4. The van der Waals surface area contributed by atoms with Crippen molar-refractivity contribution in [3.63, 3.8) is 0 Å². The van der Waals surface area contributed by atoms with Gasteiger partial charge in [0.1, 0.15) is 5.75 Å². The molecule has 1 aliphatic rings. The topological polar surface area (TPSA) is 21.3 Å². The maximum atomic E-state index is 5.22. The molecule has 1 fully saturated rings. The minimum atomic E-state index is 0.519. The van der Waals surface area contributed by atoms with Crippen LogP contribution in [0.4, 0.5) is 0 Å². The van der Waals surface area contributed by atoms with Gasteiger partial charge in [-0.1, -0.05) is 19.1 Å². The SMILES string of the molecule is COc1ccc(C(NCC(C)SC)C2CC2)cc1. The summed E-state index contributed by atoms with van der Waals surface area (Å²) in [6.07, 6.45) is 4.89. The summed E-state index contributed by atoms with van der Waals surface area (Å²) in [6, 6.07) is 9.02. The van der Waals surface area contributed by atoms with Gasteiger partial charge in [-0.15, -0.1) is 0 Å². The van der Waals surface area contributed by atoms with Crippen LogP contribution in [0.15, 0.2) is 24.3 Å². The van der Waals surface area contributed by atoms with Crippen molar-refractivity contribution in [2.24, 2.45) is 5.92 Å². The van der Waals surface area contributed by atoms with Gasteiger partial charge in [0.25, 0.3) is 0 Å². The van der Waals surface area contributed by atoms with E-state index in [1.807, 2.05) is 11.8 Å². The Morgan fingerprint density at radius 2 is 2.00 bits per heavy atom. The van der Waals surface area contributed by atoms with Crippen molar-refractivity contribution < 1.29 is 4.74 Å². The molecule has 0 aromatic heterocycles. The Morgan fingerprint density at radius 3 is 2.50 bits per heavy atom. The van der Waals surface area contributed by atoms with Gasteiger partial charge in [0, 0.05) is 17.8 Å². The molecule has 1 aliphatic carbocycles. The molecule has 0 amide bonds. The Kier molecular flexibility index (Phi) is 4.95. The highest BCUT2D eigenvalue weighted by molar-refractivity contribution is 7.99. The lowest BCUT2D eigenvalue weighted by Crippen LogP contribution is -2.28. The van der Waals surface area contributed by atoms with Gasteiger partial charge in [0.05, 0.1) is 7.11 Å². The number of rotatable bonds is 7. The van der Waals surface area contributed by atoms with E-state index in [0.29, 0.717) is 11.3 Å². The van der Waals surface area contributed by atoms with Gasteiger partial charge in [-0.25, -0.2) is 0 Å². The number of benzene rings is 1. The molecule has 1 aromatic carbocycles. The molecule has 2 rings (SSSR count). The zero-order valence-corrected chi connectivity index (χ0v) is 12.3. The predicted molar refractivity (Wildman–Crippen MR) is 79.4 cm³/mol. The summed E-state index contributed by atoms with van der Waals surface area (Å²) in [4.78, 5) is 0. The molecule has 0 heterocycles. The van der Waals surface area contributed by atoms with Crippen LogP contribution >= 0.6 is 11.8 Å². The van der Waals surface area contributed by atoms with Crippen LogP contribution in [-0.4, -0.2) is 25.2 Å². The molecule has 2 atom stereocenters. The lowest BCUT2D eigenvalue weighted by Gasteiger charge is -2.21. The molecule has 0 saturated heterocycles. The van der Waals surface area contributed by atoms with Crippen LogP contribution in [0.1, 0.15) is 31.4 Å². The third-order valence-corrected chi connectivity index (χ3v) is 4.57. The first-order valence-corrected chi connectivity index (χ1v) is 7.93. The lowest BCUT2D eigenvalue weighted by atomic mass is 10.0. The summed E-state index contributed by atoms with van der Waals surface area (Å²) in [5, 5.41) is 4.40. The van der Waals surface area contributed by atoms with E-state index in [2.05, 4.69) is 42.8 Å². The van der Waals surface area contributed by atoms with Crippen LogP contribution < -0.4 is 10.1 Å². The summed E-state index contributed by atoms with van der Waals surface area (Å²) >= 11 is 1.92. The molecule has 0 radical (unpaired) electrons. The third kappa shape index (κ3) is 3.66. The number of methoxy groups -OCH3 is 1. The van der Waals surface area contributed by atoms with Gasteiger partial charge in [0.15, 0.2) is 0 Å². The minimum absolute atomic E-state index is 0.519. The van der Waals surface area contributed by atoms with Gasteiger partial charge in [-0.2, -0.15) is 11.8 Å². The Balaban J connectivity index is 1.99. The first kappa shape index (κ1) is 13.8. The van der Waals surface area contributed by atoms with Gasteiger partial charge < -0.3 is 10.1 Å². The zero-order valence-electron chi connectivity index (χ0n) is 11.5. The molecule has 0 spiro atoms. The van der Waals surface area contributed by atoms with E-state index in [1.165, 1.54) is 18.4 Å². The first-order chi connectivity index (χ1) is 8.74. The monoisotopic (exact) mass is 265 g/mol. The van der Waals surface area contributed by atoms with Crippen molar-refractivity contribution in [2.75, 3.05) is 19.9 Å². The van der Waals surface area contributed by atoms with Crippen molar-refractivity contribution >= 4 is 11.8 Å². The summed E-state index contributed by atoms with van der Waals surface area (Å²) in [5.74, 6) is 1.76. The van der Waals surface area contributed by atoms with Crippen LogP contribution in [0.5, 0.6) is 5.75 Å². The Labute approximate surface area is 114 Å². The van der Waals surface area contributed by atoms with E-state index < -0.39 is 0 Å². The average molecular weight is 265 g/mol. The number of ether oxygens (including phenoxy) is 1. The fourth-order valence-corrected chi connectivity index (χ4v) is 2.44. The maximum Gasteiger partial charge on any atom is 0.118 e. The van der Waals surface area contributed by atoms with Crippen molar-refractivity contribution in [2.45, 2.75) is 31.1 Å². The van der Waals surface area contributed by atoms with Crippen molar-refractivity contribution in [3.8, 4) is 5.75 Å². The van der Waals surface area contributed by atoms with Crippen molar-refractivity contribution in [3.05, 3.63) is 29.8 Å². The second-order valence-electron chi connectivity index (χ2n) is 5.04. The van der Waals surface area contributed by atoms with Crippen molar-refractivity contribution in [1.82, 2.24) is 5.32 Å². The van der Waals surface area contributed by atoms with E-state index in [4.69, 9.17) is 4.74 Å². The van der Waals surface area contributed by atoms with E-state index in [-0.39, 0.29) is 0 Å². The van der Waals surface area contributed by atoms with Gasteiger partial charge >= 0.3 is 0 Å². The number of hydrogen-bond donors (Lipinski definition) is 1. The summed E-state index contributed by atoms with van der Waals surface area (Å²) in [5.41, 5.74) is 1.40. The molecule has 0 aliphatic heterocycles. The summed E-state index contributed by atoms with van der Waals surface area (Å²) in [7, 11) is 1.71. The van der Waals surface area contributed by atoms with Crippen molar-refractivity contribution in [1.29, 1.82) is 0 Å². The fraction of sp³-hybridized carbons (Fsp3) is 0.600. The van der Waals surface area contributed by atoms with Crippen LogP contribution in [0.3, 0.4) is 0 Å². The minimum Gasteiger partial charge on any atom is -0.497 e. The third-order valence-electron chi connectivity index (χ3n) is 3.60. The molecular weight excluding hydrogens is 242 g/mol. The molecule has 1 saturated carbocycles. The summed E-state index contributed by atoms with van der Waals surface area (Å²) in [6.45, 7) is 3.35. The number of hydrogen-bond acceptors (Lipinski definition) is 3. The van der Waals surface area contributed by atoms with E-state index in [9.17, 15) is 0 Å². The van der Waals surface area contributed by atoms with E-state index in [1.54, 1.807) is 7.11 Å². The number of thioether (sulfide) groups is 1. The Hall–Kier alpha value is -0.670. The van der Waals surface area contributed by atoms with Crippen LogP contribution in [0, 0.1) is 5.92 Å². The highest BCUT2D eigenvalue weighted by Gasteiger charge is 2.32. The highest BCUT2D eigenvalue weighted by Crippen LogP contribution is 2.41. The highest BCUT2D eigenvalue weighted by atomic mass is 32.2. The molecule has 2 unspecified atom stereocenters. The van der Waals surface area contributed by atoms with Crippen LogP contribution in [0.2, 0.25) is 0 Å². The van der Waals surface area contributed by atoms with Gasteiger partial charge in [-0.3, -0.25) is 0 Å². The average Bonchev–Trinajstić information content (AvgIpc) is 3.24. The number of nitrogens with one attached hydrogen (secondary N) is 1. The standard InChI is InChI=1S/C15H23NOS/c1-11(18-3)10-16-15(12-4-5-12)13-6-8-14(17-2)9-7-13/h6-9,11-12,15-16H,4-5,10H2,1-3H3. The predicted octanol–water partition coefficient (Wildman–Crippen LogP) is 3.49. The van der Waals surface area contributed by atoms with Gasteiger partial charge in [0.2, 0.25) is 0 Å². The van der Waals surface area contributed by atoms with Crippen LogP contribution in [-0.2, 0) is 0 Å². The van der Waals surface area contributed by atoms with Gasteiger partial charge in [-0.05, 0) is 42.7 Å². The van der Waals surface area contributed by atoms with E-state index in [0.717, 1.165) is 18.2 Å². The summed E-state index contributed by atoms with van der Waals surface area (Å²) < 4.78 is 5.22. The molecule has 1 aromatic rings. The molecule has 3 heteroatoms. The molecule has 1 N–H and O–H groups in total. The smallest absolute Gasteiger partial charge is 0.118 e. The van der Waals surface area contributed by atoms with Crippen LogP contribution in [0.25, 0.3) is 0 Å².